The van der Waals surface area contributed by atoms with E-state index in [0.717, 1.165) is 6.07 Å². The molecule has 1 aromatic carbocycles. The lowest BCUT2D eigenvalue weighted by Gasteiger charge is -2.34. The van der Waals surface area contributed by atoms with Crippen LogP contribution >= 0.6 is 0 Å². The Morgan fingerprint density at radius 3 is 2.57 bits per heavy atom. The highest BCUT2D eigenvalue weighted by Gasteiger charge is 2.33. The van der Waals surface area contributed by atoms with Crippen LogP contribution in [-0.2, 0) is 4.74 Å². The number of benzene rings is 1. The summed E-state index contributed by atoms with van der Waals surface area (Å²) < 4.78 is 31.3. The minimum absolute atomic E-state index is 0.0185. The number of alkyl carbamates (subject to hydrolysis) is 1. The molecule has 1 amide bonds. The molecule has 0 saturated heterocycles. The average molecular weight is 294 g/mol. The lowest BCUT2D eigenvalue weighted by atomic mass is 9.77. The Kier molecular flexibility index (Phi) is 5.12. The fraction of sp³-hybridized carbons (Fsp3) is 0.400. The Bertz CT molecular complexity index is 555. The van der Waals surface area contributed by atoms with Crippen LogP contribution in [0.15, 0.2) is 18.2 Å². The molecule has 0 bridgehead atoms. The molecule has 0 spiro atoms. The molecule has 0 radical (unpaired) electrons. The minimum atomic E-state index is -0.592. The number of hydrogen-bond donors (Lipinski definition) is 2. The second kappa shape index (κ2) is 7.04. The molecule has 1 saturated carbocycles. The standard InChI is InChI=1S/C15H16F2N2O2/c16-12-5-10(6-13(17)9-12)11-7-14(8-11)21-15(20)19-4-2-1-3-18/h5-6,9,11,14H,3-4,7-8,18H2,(H,19,20)/t11-,14-. The van der Waals surface area contributed by atoms with Gasteiger partial charge in [-0.25, -0.2) is 13.6 Å². The highest BCUT2D eigenvalue weighted by molar-refractivity contribution is 5.67. The predicted octanol–water partition coefficient (Wildman–Crippen LogP) is 1.90. The van der Waals surface area contributed by atoms with Gasteiger partial charge in [-0.05, 0) is 36.5 Å². The Balaban J connectivity index is 1.75. The largest absolute Gasteiger partial charge is 0.446 e. The van der Waals surface area contributed by atoms with Crippen molar-refractivity contribution in [1.29, 1.82) is 0 Å². The zero-order valence-corrected chi connectivity index (χ0v) is 11.4. The molecule has 1 aromatic rings. The summed E-state index contributed by atoms with van der Waals surface area (Å²) in [5.41, 5.74) is 5.78. The predicted molar refractivity (Wildman–Crippen MR) is 73.4 cm³/mol. The van der Waals surface area contributed by atoms with Gasteiger partial charge in [-0.15, -0.1) is 0 Å². The van der Waals surface area contributed by atoms with Crippen LogP contribution in [0.25, 0.3) is 0 Å². The number of carbonyl (C=O) groups is 1. The van der Waals surface area contributed by atoms with Gasteiger partial charge < -0.3 is 15.8 Å². The van der Waals surface area contributed by atoms with E-state index >= 15 is 0 Å². The number of amides is 1. The smallest absolute Gasteiger partial charge is 0.408 e. The van der Waals surface area contributed by atoms with Gasteiger partial charge in [0.05, 0.1) is 13.1 Å². The van der Waals surface area contributed by atoms with Gasteiger partial charge in [0, 0.05) is 6.07 Å². The van der Waals surface area contributed by atoms with Crippen molar-refractivity contribution >= 4 is 6.09 Å². The third kappa shape index (κ3) is 4.43. The Hall–Kier alpha value is -2.13. The molecule has 0 atom stereocenters. The van der Waals surface area contributed by atoms with Gasteiger partial charge in [-0.1, -0.05) is 11.8 Å². The van der Waals surface area contributed by atoms with Crippen LogP contribution in [0.3, 0.4) is 0 Å². The number of nitrogens with two attached hydrogens (primary N) is 1. The molecule has 4 nitrogen and oxygen atoms in total. The van der Waals surface area contributed by atoms with Crippen LogP contribution in [-0.4, -0.2) is 25.3 Å². The normalized spacial score (nSPS) is 20.0. The highest BCUT2D eigenvalue weighted by atomic mass is 19.1. The Labute approximate surface area is 121 Å². The molecule has 1 aliphatic rings. The van der Waals surface area contributed by atoms with Crippen LogP contribution in [0.1, 0.15) is 24.3 Å². The number of nitrogens with one attached hydrogen (secondary N) is 1. The number of rotatable bonds is 3. The molecule has 1 fully saturated rings. The molecular formula is C15H16F2N2O2. The van der Waals surface area contributed by atoms with E-state index in [1.54, 1.807) is 0 Å². The van der Waals surface area contributed by atoms with Gasteiger partial charge >= 0.3 is 6.09 Å². The van der Waals surface area contributed by atoms with Crippen LogP contribution in [0.2, 0.25) is 0 Å². The molecular weight excluding hydrogens is 278 g/mol. The number of hydrogen-bond acceptors (Lipinski definition) is 3. The summed E-state index contributed by atoms with van der Waals surface area (Å²) in [7, 11) is 0. The summed E-state index contributed by atoms with van der Waals surface area (Å²) in [6, 6.07) is 3.46. The fourth-order valence-electron chi connectivity index (χ4n) is 2.19. The summed E-state index contributed by atoms with van der Waals surface area (Å²) in [5.74, 6) is 4.10. The molecule has 3 N–H and O–H groups in total. The SMILES string of the molecule is NCC#CCNC(=O)O[C@H]1C[C@H](c2cc(F)cc(F)c2)C1. The molecule has 6 heteroatoms. The van der Waals surface area contributed by atoms with Gasteiger partial charge in [0.15, 0.2) is 0 Å². The van der Waals surface area contributed by atoms with Crippen LogP contribution < -0.4 is 11.1 Å². The van der Waals surface area contributed by atoms with Crippen molar-refractivity contribution < 1.29 is 18.3 Å². The zero-order valence-electron chi connectivity index (χ0n) is 11.4. The van der Waals surface area contributed by atoms with Crippen molar-refractivity contribution in [2.75, 3.05) is 13.1 Å². The number of ether oxygens (including phenoxy) is 1. The summed E-state index contributed by atoms with van der Waals surface area (Å²) in [6.45, 7) is 0.423. The van der Waals surface area contributed by atoms with Gasteiger partial charge in [-0.2, -0.15) is 0 Å². The molecule has 112 valence electrons. The maximum atomic E-state index is 13.1. The second-order valence-corrected chi connectivity index (χ2v) is 4.81. The van der Waals surface area contributed by atoms with Crippen LogP contribution in [0.4, 0.5) is 13.6 Å². The van der Waals surface area contributed by atoms with E-state index in [1.807, 2.05) is 0 Å². The lowest BCUT2D eigenvalue weighted by molar-refractivity contribution is 0.0400. The molecule has 2 rings (SSSR count). The van der Waals surface area contributed by atoms with Gasteiger partial charge in [0.2, 0.25) is 0 Å². The Morgan fingerprint density at radius 1 is 1.29 bits per heavy atom. The second-order valence-electron chi connectivity index (χ2n) is 4.81. The summed E-state index contributed by atoms with van der Waals surface area (Å²) in [4.78, 5) is 11.4. The van der Waals surface area contributed by atoms with E-state index in [4.69, 9.17) is 10.5 Å². The molecule has 21 heavy (non-hydrogen) atoms. The lowest BCUT2D eigenvalue weighted by Crippen LogP contribution is -2.36. The monoisotopic (exact) mass is 294 g/mol. The molecule has 0 unspecified atom stereocenters. The third-order valence-corrected chi connectivity index (χ3v) is 3.27. The number of halogens is 2. The highest BCUT2D eigenvalue weighted by Crippen LogP contribution is 2.39. The minimum Gasteiger partial charge on any atom is -0.446 e. The van der Waals surface area contributed by atoms with Gasteiger partial charge in [0.25, 0.3) is 0 Å². The van der Waals surface area contributed by atoms with Crippen LogP contribution in [0.5, 0.6) is 0 Å². The van der Waals surface area contributed by atoms with Crippen molar-refractivity contribution in [3.63, 3.8) is 0 Å². The third-order valence-electron chi connectivity index (χ3n) is 3.27. The van der Waals surface area contributed by atoms with Gasteiger partial charge in [-0.3, -0.25) is 0 Å². The summed E-state index contributed by atoms with van der Waals surface area (Å²) in [5, 5.41) is 2.48. The molecule has 0 aliphatic heterocycles. The topological polar surface area (TPSA) is 64.3 Å². The first kappa shape index (κ1) is 15.3. The van der Waals surface area contributed by atoms with Crippen molar-refractivity contribution in [2.24, 2.45) is 5.73 Å². The first-order chi connectivity index (χ1) is 10.1. The summed E-state index contributed by atoms with van der Waals surface area (Å²) >= 11 is 0. The maximum absolute atomic E-state index is 13.1. The van der Waals surface area contributed by atoms with E-state index in [2.05, 4.69) is 17.2 Å². The maximum Gasteiger partial charge on any atom is 0.408 e. The van der Waals surface area contributed by atoms with E-state index in [9.17, 15) is 13.6 Å². The average Bonchev–Trinajstić information content (AvgIpc) is 2.37. The van der Waals surface area contributed by atoms with Crippen LogP contribution in [0, 0.1) is 23.5 Å². The molecule has 0 heterocycles. The summed E-state index contributed by atoms with van der Waals surface area (Å²) in [6.07, 6.45) is 0.342. The van der Waals surface area contributed by atoms with Crippen molar-refractivity contribution in [2.45, 2.75) is 24.9 Å². The Morgan fingerprint density at radius 2 is 1.95 bits per heavy atom. The number of carbonyl (C=O) groups excluding carboxylic acids is 1. The van der Waals surface area contributed by atoms with E-state index < -0.39 is 17.7 Å². The van der Waals surface area contributed by atoms with E-state index in [1.165, 1.54) is 12.1 Å². The van der Waals surface area contributed by atoms with Crippen molar-refractivity contribution in [1.82, 2.24) is 5.32 Å². The fourth-order valence-corrected chi connectivity index (χ4v) is 2.19. The quantitative estimate of drug-likeness (QED) is 0.837. The van der Waals surface area contributed by atoms with E-state index in [0.29, 0.717) is 18.4 Å². The van der Waals surface area contributed by atoms with Crippen molar-refractivity contribution in [3.05, 3.63) is 35.4 Å². The first-order valence-corrected chi connectivity index (χ1v) is 6.64. The molecule has 0 aromatic heterocycles. The van der Waals surface area contributed by atoms with Gasteiger partial charge in [0.1, 0.15) is 17.7 Å². The molecule has 1 aliphatic carbocycles. The van der Waals surface area contributed by atoms with E-state index in [-0.39, 0.29) is 25.1 Å². The van der Waals surface area contributed by atoms with Crippen molar-refractivity contribution in [3.8, 4) is 11.8 Å². The first-order valence-electron chi connectivity index (χ1n) is 6.64. The zero-order chi connectivity index (χ0) is 15.2.